The smallest absolute Gasteiger partial charge is 0.174 e. The third-order valence-electron chi connectivity index (χ3n) is 3.69. The average Bonchev–Trinajstić information content (AvgIpc) is 2.55. The number of pyridine rings is 1. The van der Waals surface area contributed by atoms with E-state index in [9.17, 15) is 0 Å². The van der Waals surface area contributed by atoms with Gasteiger partial charge in [-0.2, -0.15) is 5.26 Å². The van der Waals surface area contributed by atoms with Crippen LogP contribution in [0.15, 0.2) is 42.6 Å². The Morgan fingerprint density at radius 2 is 2.14 bits per heavy atom. The second-order valence-corrected chi connectivity index (χ2v) is 5.11. The maximum absolute atomic E-state index is 8.50. The number of benzene rings is 1. The van der Waals surface area contributed by atoms with Gasteiger partial charge in [-0.15, -0.1) is 0 Å². The molecule has 0 aliphatic heterocycles. The highest BCUT2D eigenvalue weighted by Crippen LogP contribution is 2.31. The predicted octanol–water partition coefficient (Wildman–Crippen LogP) is 3.47. The third-order valence-corrected chi connectivity index (χ3v) is 3.69. The van der Waals surface area contributed by atoms with Gasteiger partial charge in [0.05, 0.1) is 11.7 Å². The number of rotatable bonds is 4. The third kappa shape index (κ3) is 3.14. The van der Waals surface area contributed by atoms with Gasteiger partial charge < -0.3 is 10.1 Å². The van der Waals surface area contributed by atoms with Gasteiger partial charge in [0.1, 0.15) is 11.8 Å². The fourth-order valence-corrected chi connectivity index (χ4v) is 2.71. The molecular formula is C17H17N3O. The summed E-state index contributed by atoms with van der Waals surface area (Å²) in [7, 11) is 0. The molecule has 0 saturated carbocycles. The zero-order valence-electron chi connectivity index (χ0n) is 11.7. The number of hydrogen-bond acceptors (Lipinski definition) is 4. The molecule has 1 N–H and O–H groups in total. The van der Waals surface area contributed by atoms with Crippen molar-refractivity contribution in [2.75, 3.05) is 11.9 Å². The molecule has 2 aromatic rings. The van der Waals surface area contributed by atoms with Crippen LogP contribution in [0.4, 0.5) is 5.69 Å². The topological polar surface area (TPSA) is 57.9 Å². The van der Waals surface area contributed by atoms with Crippen molar-refractivity contribution in [3.05, 3.63) is 53.9 Å². The number of nitrogens with zero attached hydrogens (tertiary/aromatic N) is 2. The van der Waals surface area contributed by atoms with E-state index in [4.69, 9.17) is 10.00 Å². The summed E-state index contributed by atoms with van der Waals surface area (Å²) in [6.07, 6.45) is 5.25. The second-order valence-electron chi connectivity index (χ2n) is 5.11. The normalized spacial score (nSPS) is 16.6. The van der Waals surface area contributed by atoms with Gasteiger partial charge in [-0.3, -0.25) is 4.98 Å². The molecule has 0 radical (unpaired) electrons. The van der Waals surface area contributed by atoms with E-state index in [1.165, 1.54) is 12.0 Å². The highest BCUT2D eigenvalue weighted by Gasteiger charge is 2.20. The highest BCUT2D eigenvalue weighted by atomic mass is 16.5. The van der Waals surface area contributed by atoms with Crippen molar-refractivity contribution < 1.29 is 4.74 Å². The Morgan fingerprint density at radius 1 is 1.29 bits per heavy atom. The van der Waals surface area contributed by atoms with Gasteiger partial charge >= 0.3 is 0 Å². The van der Waals surface area contributed by atoms with Crippen molar-refractivity contribution >= 4 is 5.69 Å². The number of anilines is 1. The summed E-state index contributed by atoms with van der Waals surface area (Å²) in [5.41, 5.74) is 3.55. The Kier molecular flexibility index (Phi) is 4.02. The Balaban J connectivity index is 1.71. The zero-order valence-corrected chi connectivity index (χ0v) is 11.7. The van der Waals surface area contributed by atoms with Crippen LogP contribution in [0.2, 0.25) is 0 Å². The van der Waals surface area contributed by atoms with Gasteiger partial charge in [0.15, 0.2) is 6.61 Å². The van der Waals surface area contributed by atoms with Gasteiger partial charge in [-0.1, -0.05) is 6.07 Å². The van der Waals surface area contributed by atoms with E-state index in [1.807, 2.05) is 42.6 Å². The molecule has 0 saturated heterocycles. The van der Waals surface area contributed by atoms with Gasteiger partial charge in [0.2, 0.25) is 0 Å². The Hall–Kier alpha value is -2.54. The van der Waals surface area contributed by atoms with E-state index in [0.29, 0.717) is 5.75 Å². The van der Waals surface area contributed by atoms with E-state index < -0.39 is 0 Å². The number of aryl methyl sites for hydroxylation is 1. The fraction of sp³-hybridized carbons (Fsp3) is 0.294. The van der Waals surface area contributed by atoms with Crippen LogP contribution in [-0.4, -0.2) is 11.6 Å². The van der Waals surface area contributed by atoms with E-state index in [1.54, 1.807) is 0 Å². The molecule has 106 valence electrons. The number of ether oxygens (including phenoxy) is 1. The first kappa shape index (κ1) is 13.4. The van der Waals surface area contributed by atoms with Gasteiger partial charge in [-0.25, -0.2) is 0 Å². The monoisotopic (exact) mass is 279 g/mol. The molecule has 1 atom stereocenters. The maximum atomic E-state index is 8.50. The summed E-state index contributed by atoms with van der Waals surface area (Å²) in [6, 6.07) is 14.1. The molecule has 1 heterocycles. The van der Waals surface area contributed by atoms with Crippen LogP contribution >= 0.6 is 0 Å². The van der Waals surface area contributed by atoms with Gasteiger partial charge in [-0.05, 0) is 55.2 Å². The lowest BCUT2D eigenvalue weighted by Crippen LogP contribution is -2.18. The summed E-state index contributed by atoms with van der Waals surface area (Å²) in [6.45, 7) is 0.0761. The Morgan fingerprint density at radius 3 is 2.95 bits per heavy atom. The lowest BCUT2D eigenvalue weighted by molar-refractivity contribution is 0.368. The first-order chi connectivity index (χ1) is 10.4. The van der Waals surface area contributed by atoms with Crippen molar-refractivity contribution in [1.82, 2.24) is 4.98 Å². The van der Waals surface area contributed by atoms with Crippen molar-refractivity contribution in [2.45, 2.75) is 25.3 Å². The van der Waals surface area contributed by atoms with Crippen LogP contribution in [-0.2, 0) is 6.42 Å². The van der Waals surface area contributed by atoms with Crippen molar-refractivity contribution in [3.8, 4) is 11.8 Å². The van der Waals surface area contributed by atoms with Crippen molar-refractivity contribution in [2.24, 2.45) is 0 Å². The minimum absolute atomic E-state index is 0.0761. The van der Waals surface area contributed by atoms with Crippen LogP contribution < -0.4 is 10.1 Å². The molecule has 1 aromatic heterocycles. The quantitative estimate of drug-likeness (QED) is 0.931. The Bertz CT molecular complexity index is 646. The SMILES string of the molecule is N#CCOc1ccc(NC2CCCc3cccnc32)cc1. The molecule has 1 unspecified atom stereocenters. The highest BCUT2D eigenvalue weighted by molar-refractivity contribution is 5.48. The Labute approximate surface area is 124 Å². The minimum atomic E-state index is 0.0761. The standard InChI is InChI=1S/C17H17N3O/c18-10-12-21-15-8-6-14(7-9-15)20-16-5-1-3-13-4-2-11-19-17(13)16/h2,4,6-9,11,16,20H,1,3,5,12H2. The molecule has 0 amide bonds. The summed E-state index contributed by atoms with van der Waals surface area (Å²) in [5.74, 6) is 0.712. The average molecular weight is 279 g/mol. The summed E-state index contributed by atoms with van der Waals surface area (Å²) < 4.78 is 5.26. The van der Waals surface area contributed by atoms with E-state index in [0.717, 1.165) is 24.2 Å². The largest absolute Gasteiger partial charge is 0.479 e. The van der Waals surface area contributed by atoms with Crippen LogP contribution in [0.1, 0.15) is 30.1 Å². The first-order valence-corrected chi connectivity index (χ1v) is 7.17. The van der Waals surface area contributed by atoms with Crippen molar-refractivity contribution in [3.63, 3.8) is 0 Å². The number of aromatic nitrogens is 1. The molecule has 1 aromatic carbocycles. The molecular weight excluding hydrogens is 262 g/mol. The van der Waals surface area contributed by atoms with Crippen LogP contribution in [0.5, 0.6) is 5.75 Å². The summed E-state index contributed by atoms with van der Waals surface area (Å²) in [5, 5.41) is 12.0. The lowest BCUT2D eigenvalue weighted by atomic mass is 9.92. The van der Waals surface area contributed by atoms with Crippen LogP contribution in [0, 0.1) is 11.3 Å². The van der Waals surface area contributed by atoms with Gasteiger partial charge in [0, 0.05) is 11.9 Å². The van der Waals surface area contributed by atoms with Crippen LogP contribution in [0.3, 0.4) is 0 Å². The van der Waals surface area contributed by atoms with E-state index >= 15 is 0 Å². The minimum Gasteiger partial charge on any atom is -0.479 e. The second kappa shape index (κ2) is 6.27. The molecule has 0 fully saturated rings. The number of hydrogen-bond donors (Lipinski definition) is 1. The van der Waals surface area contributed by atoms with Crippen LogP contribution in [0.25, 0.3) is 0 Å². The predicted molar refractivity (Wildman–Crippen MR) is 81.1 cm³/mol. The molecule has 0 bridgehead atoms. The zero-order chi connectivity index (χ0) is 14.5. The molecule has 4 heteroatoms. The number of fused-ring (bicyclic) bond motifs is 1. The summed E-state index contributed by atoms with van der Waals surface area (Å²) >= 11 is 0. The van der Waals surface area contributed by atoms with E-state index in [2.05, 4.69) is 16.4 Å². The molecule has 1 aliphatic rings. The molecule has 3 rings (SSSR count). The molecule has 0 spiro atoms. The fourth-order valence-electron chi connectivity index (χ4n) is 2.71. The van der Waals surface area contributed by atoms with E-state index in [-0.39, 0.29) is 12.6 Å². The number of nitriles is 1. The molecule has 4 nitrogen and oxygen atoms in total. The van der Waals surface area contributed by atoms with Crippen molar-refractivity contribution in [1.29, 1.82) is 5.26 Å². The van der Waals surface area contributed by atoms with Gasteiger partial charge in [0.25, 0.3) is 0 Å². The summed E-state index contributed by atoms with van der Waals surface area (Å²) in [4.78, 5) is 4.53. The number of nitrogens with one attached hydrogen (secondary N) is 1. The lowest BCUT2D eigenvalue weighted by Gasteiger charge is -2.26. The first-order valence-electron chi connectivity index (χ1n) is 7.17. The molecule has 1 aliphatic carbocycles. The molecule has 21 heavy (non-hydrogen) atoms. The maximum Gasteiger partial charge on any atom is 0.174 e.